The molecule has 1 saturated heterocycles. The van der Waals surface area contributed by atoms with Crippen LogP contribution in [0, 0.1) is 6.92 Å². The maximum Gasteiger partial charge on any atom is 0.327 e. The van der Waals surface area contributed by atoms with Crippen LogP contribution in [0.4, 0.5) is 4.79 Å². The summed E-state index contributed by atoms with van der Waals surface area (Å²) in [5.41, 5.74) is 0.688. The van der Waals surface area contributed by atoms with E-state index in [-0.39, 0.29) is 31.0 Å². The summed E-state index contributed by atoms with van der Waals surface area (Å²) in [6.45, 7) is 2.32. The van der Waals surface area contributed by atoms with Gasteiger partial charge >= 0.3 is 6.03 Å². The minimum absolute atomic E-state index is 0.0395. The van der Waals surface area contributed by atoms with E-state index >= 15 is 0 Å². The third-order valence-electron chi connectivity index (χ3n) is 3.66. The highest BCUT2D eigenvalue weighted by molar-refractivity contribution is 5.96. The fraction of sp³-hybridized carbons (Fsp3) is 0.333. The lowest BCUT2D eigenvalue weighted by atomic mass is 10.2. The van der Waals surface area contributed by atoms with Crippen molar-refractivity contribution in [2.24, 2.45) is 0 Å². The molecule has 1 fully saturated rings. The van der Waals surface area contributed by atoms with E-state index in [0.717, 1.165) is 4.90 Å². The lowest BCUT2D eigenvalue weighted by molar-refractivity contribution is -0.131. The van der Waals surface area contributed by atoms with E-state index in [4.69, 9.17) is 4.52 Å². The standard InChI is InChI=1S/C15H16N4O4/c1-10-7-12(17-23-10)9-18-6-4-13(20)19(15(18)22)8-11-3-2-5-16-14(11)21/h2-3,5,7H,4,6,8-9H2,1H3,(H,16,21). The second kappa shape index (κ2) is 6.07. The van der Waals surface area contributed by atoms with Gasteiger partial charge in [0.2, 0.25) is 5.91 Å². The zero-order valence-corrected chi connectivity index (χ0v) is 12.6. The number of amides is 3. The molecule has 3 rings (SSSR count). The Hall–Kier alpha value is -2.90. The van der Waals surface area contributed by atoms with Crippen LogP contribution in [0.25, 0.3) is 0 Å². The summed E-state index contributed by atoms with van der Waals surface area (Å²) < 4.78 is 4.99. The van der Waals surface area contributed by atoms with Crippen molar-refractivity contribution in [3.8, 4) is 0 Å². The number of pyridine rings is 1. The third kappa shape index (κ3) is 3.15. The van der Waals surface area contributed by atoms with E-state index in [1.165, 1.54) is 11.1 Å². The van der Waals surface area contributed by atoms with Gasteiger partial charge in [-0.3, -0.25) is 14.5 Å². The van der Waals surface area contributed by atoms with Crippen LogP contribution in [0.1, 0.15) is 23.4 Å². The first kappa shape index (κ1) is 15.0. The smallest absolute Gasteiger partial charge is 0.327 e. The predicted molar refractivity (Wildman–Crippen MR) is 79.3 cm³/mol. The van der Waals surface area contributed by atoms with Gasteiger partial charge in [0.05, 0.1) is 13.1 Å². The summed E-state index contributed by atoms with van der Waals surface area (Å²) in [5.74, 6) is 0.374. The van der Waals surface area contributed by atoms with Crippen molar-refractivity contribution in [2.75, 3.05) is 6.54 Å². The molecule has 120 valence electrons. The summed E-state index contributed by atoms with van der Waals surface area (Å²) in [6.07, 6.45) is 1.72. The molecule has 3 amide bonds. The Labute approximate surface area is 131 Å². The molecule has 1 aliphatic rings. The Kier molecular flexibility index (Phi) is 3.96. The van der Waals surface area contributed by atoms with Crippen molar-refractivity contribution in [1.29, 1.82) is 0 Å². The number of nitrogens with zero attached hydrogens (tertiary/aromatic N) is 3. The molecule has 0 aliphatic carbocycles. The highest BCUT2D eigenvalue weighted by Gasteiger charge is 2.32. The number of hydrogen-bond acceptors (Lipinski definition) is 5. The molecule has 1 aliphatic heterocycles. The van der Waals surface area contributed by atoms with E-state index in [2.05, 4.69) is 10.1 Å². The number of urea groups is 1. The Morgan fingerprint density at radius 1 is 1.30 bits per heavy atom. The van der Waals surface area contributed by atoms with Crippen LogP contribution in [0.3, 0.4) is 0 Å². The first-order chi connectivity index (χ1) is 11.0. The first-order valence-corrected chi connectivity index (χ1v) is 7.22. The molecule has 0 unspecified atom stereocenters. The molecule has 8 nitrogen and oxygen atoms in total. The Balaban J connectivity index is 1.76. The molecular weight excluding hydrogens is 300 g/mol. The molecule has 0 radical (unpaired) electrons. The number of aryl methyl sites for hydroxylation is 1. The zero-order chi connectivity index (χ0) is 16.4. The first-order valence-electron chi connectivity index (χ1n) is 7.22. The number of carbonyl (C=O) groups is 2. The quantitative estimate of drug-likeness (QED) is 0.908. The molecule has 3 heterocycles. The van der Waals surface area contributed by atoms with Crippen LogP contribution in [0.15, 0.2) is 33.7 Å². The fourth-order valence-electron chi connectivity index (χ4n) is 2.48. The molecule has 23 heavy (non-hydrogen) atoms. The summed E-state index contributed by atoms with van der Waals surface area (Å²) in [6, 6.07) is 4.58. The second-order valence-corrected chi connectivity index (χ2v) is 5.39. The molecule has 0 bridgehead atoms. The van der Waals surface area contributed by atoms with Gasteiger partial charge in [-0.15, -0.1) is 0 Å². The van der Waals surface area contributed by atoms with Gasteiger partial charge in [-0.05, 0) is 13.0 Å². The average Bonchev–Trinajstić information content (AvgIpc) is 2.93. The molecular formula is C15H16N4O4. The van der Waals surface area contributed by atoms with Crippen molar-refractivity contribution in [3.05, 3.63) is 51.8 Å². The van der Waals surface area contributed by atoms with Crippen LogP contribution in [0.5, 0.6) is 0 Å². The van der Waals surface area contributed by atoms with Crippen molar-refractivity contribution >= 4 is 11.9 Å². The van der Waals surface area contributed by atoms with Crippen molar-refractivity contribution in [3.63, 3.8) is 0 Å². The summed E-state index contributed by atoms with van der Waals surface area (Å²) in [5, 5.41) is 3.86. The number of nitrogens with one attached hydrogen (secondary N) is 1. The molecule has 2 aromatic rings. The molecule has 0 spiro atoms. The van der Waals surface area contributed by atoms with Gasteiger partial charge in [0.1, 0.15) is 11.5 Å². The second-order valence-electron chi connectivity index (χ2n) is 5.39. The van der Waals surface area contributed by atoms with Gasteiger partial charge < -0.3 is 14.4 Å². The molecule has 8 heteroatoms. The number of aromatic nitrogens is 2. The molecule has 1 N–H and O–H groups in total. The van der Waals surface area contributed by atoms with E-state index in [9.17, 15) is 14.4 Å². The van der Waals surface area contributed by atoms with Gasteiger partial charge in [-0.2, -0.15) is 0 Å². The van der Waals surface area contributed by atoms with E-state index in [1.807, 2.05) is 0 Å². The van der Waals surface area contributed by atoms with E-state index in [1.54, 1.807) is 25.1 Å². The van der Waals surface area contributed by atoms with Gasteiger partial charge in [0, 0.05) is 30.8 Å². The van der Waals surface area contributed by atoms with Crippen LogP contribution >= 0.6 is 0 Å². The van der Waals surface area contributed by atoms with Crippen LogP contribution < -0.4 is 5.56 Å². The van der Waals surface area contributed by atoms with Crippen molar-refractivity contribution in [2.45, 2.75) is 26.4 Å². The van der Waals surface area contributed by atoms with Gasteiger partial charge in [0.15, 0.2) is 0 Å². The molecule has 2 aromatic heterocycles. The Morgan fingerprint density at radius 3 is 2.83 bits per heavy atom. The van der Waals surface area contributed by atoms with E-state index in [0.29, 0.717) is 23.6 Å². The topological polar surface area (TPSA) is 99.5 Å². The van der Waals surface area contributed by atoms with Crippen LogP contribution in [-0.4, -0.2) is 38.4 Å². The number of aromatic amines is 1. The normalized spacial score (nSPS) is 15.3. The number of imide groups is 1. The highest BCUT2D eigenvalue weighted by Crippen LogP contribution is 2.16. The van der Waals surface area contributed by atoms with Crippen molar-refractivity contribution in [1.82, 2.24) is 19.9 Å². The van der Waals surface area contributed by atoms with Gasteiger partial charge in [0.25, 0.3) is 5.56 Å². The number of hydrogen-bond donors (Lipinski definition) is 1. The number of rotatable bonds is 4. The van der Waals surface area contributed by atoms with E-state index < -0.39 is 6.03 Å². The fourth-order valence-corrected chi connectivity index (χ4v) is 2.48. The third-order valence-corrected chi connectivity index (χ3v) is 3.66. The minimum Gasteiger partial charge on any atom is -0.361 e. The van der Waals surface area contributed by atoms with Gasteiger partial charge in [-0.1, -0.05) is 11.2 Å². The lowest BCUT2D eigenvalue weighted by Gasteiger charge is -2.33. The summed E-state index contributed by atoms with van der Waals surface area (Å²) >= 11 is 0. The SMILES string of the molecule is Cc1cc(CN2CCC(=O)N(Cc3ccc[nH]c3=O)C2=O)no1. The molecule has 0 saturated carbocycles. The summed E-state index contributed by atoms with van der Waals surface area (Å²) in [7, 11) is 0. The van der Waals surface area contributed by atoms with Crippen molar-refractivity contribution < 1.29 is 14.1 Å². The summed E-state index contributed by atoms with van der Waals surface area (Å²) in [4.78, 5) is 41.5. The van der Waals surface area contributed by atoms with Crippen LogP contribution in [-0.2, 0) is 17.9 Å². The number of carbonyl (C=O) groups excluding carboxylic acids is 2. The minimum atomic E-state index is -0.426. The largest absolute Gasteiger partial charge is 0.361 e. The van der Waals surface area contributed by atoms with Crippen LogP contribution in [0.2, 0.25) is 0 Å². The Bertz CT molecular complexity index is 795. The zero-order valence-electron chi connectivity index (χ0n) is 12.6. The maximum absolute atomic E-state index is 12.5. The maximum atomic E-state index is 12.5. The predicted octanol–water partition coefficient (Wildman–Crippen LogP) is 1.03. The molecule has 0 atom stereocenters. The Morgan fingerprint density at radius 2 is 2.13 bits per heavy atom. The number of H-pyrrole nitrogens is 1. The average molecular weight is 316 g/mol. The lowest BCUT2D eigenvalue weighted by Crippen LogP contribution is -2.51. The highest BCUT2D eigenvalue weighted by atomic mass is 16.5. The molecule has 0 aromatic carbocycles. The van der Waals surface area contributed by atoms with Gasteiger partial charge in [-0.25, -0.2) is 4.79 Å². The monoisotopic (exact) mass is 316 g/mol.